The lowest BCUT2D eigenvalue weighted by Gasteiger charge is -2.23. The molecule has 0 bridgehead atoms. The number of hydrogen-bond acceptors (Lipinski definition) is 3. The molecule has 1 heterocycles. The molecule has 2 unspecified atom stereocenters. The number of hydrogen-bond donors (Lipinski definition) is 1. The van der Waals surface area contributed by atoms with Crippen molar-refractivity contribution in [2.75, 3.05) is 33.7 Å². The number of halogens is 1. The summed E-state index contributed by atoms with van der Waals surface area (Å²) in [5.41, 5.74) is 6.72. The van der Waals surface area contributed by atoms with Gasteiger partial charge in [0.05, 0.1) is 0 Å². The molecule has 18 heavy (non-hydrogen) atoms. The average molecular weight is 251 g/mol. The molecule has 1 saturated heterocycles. The van der Waals surface area contributed by atoms with Crippen molar-refractivity contribution in [3.8, 4) is 0 Å². The Morgan fingerprint density at radius 2 is 2.17 bits per heavy atom. The first-order chi connectivity index (χ1) is 8.58. The highest BCUT2D eigenvalue weighted by Gasteiger charge is 2.25. The number of nitrogens with zero attached hydrogens (tertiary/aromatic N) is 2. The standard InChI is InChI=1S/C14H22FN3/c1-17(2)11-7-8-18(9-11)10-14(16)12-5-3-4-6-13(12)15/h3-6,11,14H,7-10,16H2,1-2H3. The molecule has 0 spiro atoms. The molecule has 0 aromatic heterocycles. The van der Waals surface area contributed by atoms with E-state index < -0.39 is 0 Å². The third-order valence-corrected chi connectivity index (χ3v) is 3.74. The maximum atomic E-state index is 13.6. The summed E-state index contributed by atoms with van der Waals surface area (Å²) >= 11 is 0. The highest BCUT2D eigenvalue weighted by atomic mass is 19.1. The van der Waals surface area contributed by atoms with E-state index in [9.17, 15) is 4.39 Å². The Morgan fingerprint density at radius 1 is 1.44 bits per heavy atom. The van der Waals surface area contributed by atoms with Crippen LogP contribution < -0.4 is 5.73 Å². The van der Waals surface area contributed by atoms with Crippen LogP contribution in [0.5, 0.6) is 0 Å². The average Bonchev–Trinajstić information content (AvgIpc) is 2.78. The number of nitrogens with two attached hydrogens (primary N) is 1. The smallest absolute Gasteiger partial charge is 0.128 e. The van der Waals surface area contributed by atoms with Gasteiger partial charge in [0.25, 0.3) is 0 Å². The van der Waals surface area contributed by atoms with Crippen molar-refractivity contribution in [2.24, 2.45) is 5.73 Å². The van der Waals surface area contributed by atoms with Gasteiger partial charge in [0.2, 0.25) is 0 Å². The lowest BCUT2D eigenvalue weighted by molar-refractivity contribution is 0.259. The van der Waals surface area contributed by atoms with Gasteiger partial charge in [-0.2, -0.15) is 0 Å². The summed E-state index contributed by atoms with van der Waals surface area (Å²) < 4.78 is 13.6. The van der Waals surface area contributed by atoms with Crippen molar-refractivity contribution in [1.82, 2.24) is 9.80 Å². The molecule has 3 nitrogen and oxygen atoms in total. The fourth-order valence-electron chi connectivity index (χ4n) is 2.55. The van der Waals surface area contributed by atoms with E-state index in [0.29, 0.717) is 11.6 Å². The maximum absolute atomic E-state index is 13.6. The zero-order valence-corrected chi connectivity index (χ0v) is 11.1. The number of likely N-dealkylation sites (tertiary alicyclic amines) is 1. The maximum Gasteiger partial charge on any atom is 0.128 e. The van der Waals surface area contributed by atoms with Crippen LogP contribution in [0.3, 0.4) is 0 Å². The fourth-order valence-corrected chi connectivity index (χ4v) is 2.55. The topological polar surface area (TPSA) is 32.5 Å². The van der Waals surface area contributed by atoms with Crippen LogP contribution >= 0.6 is 0 Å². The van der Waals surface area contributed by atoms with Crippen molar-refractivity contribution in [3.63, 3.8) is 0 Å². The Balaban J connectivity index is 1.93. The molecule has 0 aliphatic carbocycles. The van der Waals surface area contributed by atoms with Crippen molar-refractivity contribution in [3.05, 3.63) is 35.6 Å². The molecule has 0 amide bonds. The molecule has 2 rings (SSSR count). The SMILES string of the molecule is CN(C)C1CCN(CC(N)c2ccccc2F)C1. The first-order valence-electron chi connectivity index (χ1n) is 6.46. The Hall–Kier alpha value is -0.970. The summed E-state index contributed by atoms with van der Waals surface area (Å²) in [6.07, 6.45) is 1.16. The summed E-state index contributed by atoms with van der Waals surface area (Å²) in [5, 5.41) is 0. The lowest BCUT2D eigenvalue weighted by Crippen LogP contribution is -2.35. The van der Waals surface area contributed by atoms with E-state index in [1.807, 2.05) is 6.07 Å². The van der Waals surface area contributed by atoms with Gasteiger partial charge < -0.3 is 10.6 Å². The van der Waals surface area contributed by atoms with Gasteiger partial charge >= 0.3 is 0 Å². The minimum absolute atomic E-state index is 0.201. The fraction of sp³-hybridized carbons (Fsp3) is 0.571. The van der Waals surface area contributed by atoms with Crippen LogP contribution in [0.4, 0.5) is 4.39 Å². The lowest BCUT2D eigenvalue weighted by atomic mass is 10.1. The highest BCUT2D eigenvalue weighted by Crippen LogP contribution is 2.19. The second-order valence-electron chi connectivity index (χ2n) is 5.29. The van der Waals surface area contributed by atoms with E-state index in [1.165, 1.54) is 6.07 Å². The van der Waals surface area contributed by atoms with Crippen LogP contribution in [-0.4, -0.2) is 49.6 Å². The Kier molecular flexibility index (Phi) is 4.32. The van der Waals surface area contributed by atoms with Gasteiger partial charge in [0.1, 0.15) is 5.82 Å². The van der Waals surface area contributed by atoms with Gasteiger partial charge in [-0.3, -0.25) is 4.90 Å². The van der Waals surface area contributed by atoms with Crippen molar-refractivity contribution >= 4 is 0 Å². The molecule has 1 fully saturated rings. The van der Waals surface area contributed by atoms with E-state index in [-0.39, 0.29) is 11.9 Å². The Morgan fingerprint density at radius 3 is 2.78 bits per heavy atom. The summed E-state index contributed by atoms with van der Waals surface area (Å²) in [5.74, 6) is -0.201. The van der Waals surface area contributed by atoms with Crippen LogP contribution in [0.15, 0.2) is 24.3 Å². The quantitative estimate of drug-likeness (QED) is 0.879. The second-order valence-corrected chi connectivity index (χ2v) is 5.29. The van der Waals surface area contributed by atoms with Crippen molar-refractivity contribution < 1.29 is 4.39 Å². The van der Waals surface area contributed by atoms with E-state index in [0.717, 1.165) is 26.1 Å². The van der Waals surface area contributed by atoms with Crippen LogP contribution in [0.25, 0.3) is 0 Å². The van der Waals surface area contributed by atoms with Crippen LogP contribution in [0, 0.1) is 5.82 Å². The molecule has 1 aliphatic rings. The molecular weight excluding hydrogens is 229 g/mol. The predicted molar refractivity (Wildman–Crippen MR) is 71.9 cm³/mol. The molecule has 0 saturated carbocycles. The van der Waals surface area contributed by atoms with Gasteiger partial charge in [0.15, 0.2) is 0 Å². The third-order valence-electron chi connectivity index (χ3n) is 3.74. The summed E-state index contributed by atoms with van der Waals surface area (Å²) in [6, 6.07) is 7.14. The minimum Gasteiger partial charge on any atom is -0.323 e. The van der Waals surface area contributed by atoms with Crippen LogP contribution in [0.1, 0.15) is 18.0 Å². The van der Waals surface area contributed by atoms with Crippen molar-refractivity contribution in [1.29, 1.82) is 0 Å². The molecule has 2 atom stereocenters. The third kappa shape index (κ3) is 3.07. The number of rotatable bonds is 4. The van der Waals surface area contributed by atoms with Gasteiger partial charge in [-0.15, -0.1) is 0 Å². The summed E-state index contributed by atoms with van der Waals surface area (Å²) in [7, 11) is 4.20. The monoisotopic (exact) mass is 251 g/mol. The van der Waals surface area contributed by atoms with E-state index in [1.54, 1.807) is 12.1 Å². The van der Waals surface area contributed by atoms with Gasteiger partial charge in [-0.25, -0.2) is 4.39 Å². The first-order valence-corrected chi connectivity index (χ1v) is 6.46. The highest BCUT2D eigenvalue weighted by molar-refractivity contribution is 5.21. The van der Waals surface area contributed by atoms with Crippen molar-refractivity contribution in [2.45, 2.75) is 18.5 Å². The molecule has 2 N–H and O–H groups in total. The largest absolute Gasteiger partial charge is 0.323 e. The number of benzene rings is 1. The van der Waals surface area contributed by atoms with E-state index >= 15 is 0 Å². The zero-order chi connectivity index (χ0) is 13.1. The summed E-state index contributed by atoms with van der Waals surface area (Å²) in [4.78, 5) is 4.57. The summed E-state index contributed by atoms with van der Waals surface area (Å²) in [6.45, 7) is 2.80. The van der Waals surface area contributed by atoms with E-state index in [4.69, 9.17) is 5.73 Å². The molecule has 1 aliphatic heterocycles. The molecule has 1 aromatic rings. The van der Waals surface area contributed by atoms with E-state index in [2.05, 4.69) is 23.9 Å². The van der Waals surface area contributed by atoms with Gasteiger partial charge in [-0.1, -0.05) is 18.2 Å². The van der Waals surface area contributed by atoms with Gasteiger partial charge in [-0.05, 0) is 33.1 Å². The minimum atomic E-state index is -0.243. The zero-order valence-electron chi connectivity index (χ0n) is 11.1. The second kappa shape index (κ2) is 5.78. The van der Waals surface area contributed by atoms with Crippen LogP contribution in [-0.2, 0) is 0 Å². The Labute approximate surface area is 108 Å². The number of likely N-dealkylation sites (N-methyl/N-ethyl adjacent to an activating group) is 1. The van der Waals surface area contributed by atoms with Gasteiger partial charge in [0, 0.05) is 30.7 Å². The normalized spacial score (nSPS) is 22.6. The predicted octanol–water partition coefficient (Wildman–Crippen LogP) is 1.46. The molecular formula is C14H22FN3. The molecule has 4 heteroatoms. The molecule has 0 radical (unpaired) electrons. The Bertz CT molecular complexity index is 394. The van der Waals surface area contributed by atoms with Crippen LogP contribution in [0.2, 0.25) is 0 Å². The molecule has 100 valence electrons. The molecule has 1 aromatic carbocycles. The first kappa shape index (κ1) is 13.5.